The predicted molar refractivity (Wildman–Crippen MR) is 105 cm³/mol. The van der Waals surface area contributed by atoms with Crippen LogP contribution in [0.3, 0.4) is 0 Å². The van der Waals surface area contributed by atoms with Gasteiger partial charge in [-0.3, -0.25) is 15.6 Å². The average Bonchev–Trinajstić information content (AvgIpc) is 3.08. The van der Waals surface area contributed by atoms with E-state index in [1.54, 1.807) is 18.2 Å². The zero-order valence-corrected chi connectivity index (χ0v) is 16.7. The fourth-order valence-electron chi connectivity index (χ4n) is 2.74. The Morgan fingerprint density at radius 3 is 2.50 bits per heavy atom. The van der Waals surface area contributed by atoms with Gasteiger partial charge in [0.15, 0.2) is 5.11 Å². The minimum Gasteiger partial charge on any atom is -0.359 e. The van der Waals surface area contributed by atoms with Crippen molar-refractivity contribution >= 4 is 33.3 Å². The Morgan fingerprint density at radius 2 is 1.85 bits per heavy atom. The lowest BCUT2D eigenvalue weighted by Gasteiger charge is -2.16. The molecule has 1 fully saturated rings. The van der Waals surface area contributed by atoms with Gasteiger partial charge in [0.25, 0.3) is 0 Å². The number of thiocarbonyl (C=S) groups is 1. The van der Waals surface area contributed by atoms with Crippen LogP contribution in [0.1, 0.15) is 43.2 Å². The molecule has 0 atom stereocenters. The average molecular weight is 399 g/mol. The molecule has 1 amide bonds. The van der Waals surface area contributed by atoms with Crippen LogP contribution in [0.4, 0.5) is 0 Å². The number of benzene rings is 1. The molecule has 0 unspecified atom stereocenters. The molecule has 4 N–H and O–H groups in total. The van der Waals surface area contributed by atoms with Gasteiger partial charge in [-0.05, 0) is 62.2 Å². The second-order valence-corrected chi connectivity index (χ2v) is 8.70. The van der Waals surface area contributed by atoms with Gasteiger partial charge in [-0.1, -0.05) is 18.9 Å². The Bertz CT molecular complexity index is 759. The molecule has 144 valence electrons. The first-order chi connectivity index (χ1) is 12.3. The van der Waals surface area contributed by atoms with Crippen LogP contribution in [0, 0.1) is 13.8 Å². The van der Waals surface area contributed by atoms with Crippen LogP contribution in [0.15, 0.2) is 23.1 Å². The van der Waals surface area contributed by atoms with Gasteiger partial charge in [0.1, 0.15) is 0 Å². The Morgan fingerprint density at radius 1 is 1.15 bits per heavy atom. The molecule has 0 bridgehead atoms. The third-order valence-corrected chi connectivity index (χ3v) is 6.12. The summed E-state index contributed by atoms with van der Waals surface area (Å²) in [5, 5.41) is 3.52. The lowest BCUT2D eigenvalue weighted by molar-refractivity contribution is -0.121. The largest absolute Gasteiger partial charge is 0.359 e. The van der Waals surface area contributed by atoms with Crippen LogP contribution in [0.5, 0.6) is 0 Å². The van der Waals surface area contributed by atoms with Crippen LogP contribution >= 0.6 is 12.2 Å². The number of carbonyl (C=O) groups is 1. The number of hydrogen-bond donors (Lipinski definition) is 4. The first-order valence-electron chi connectivity index (χ1n) is 8.70. The molecule has 0 aliphatic heterocycles. The molecule has 1 aliphatic rings. The quantitative estimate of drug-likeness (QED) is 0.427. The lowest BCUT2D eigenvalue weighted by Crippen LogP contribution is -2.49. The van der Waals surface area contributed by atoms with E-state index < -0.39 is 10.0 Å². The third-order valence-electron chi connectivity index (χ3n) is 4.44. The van der Waals surface area contributed by atoms with Gasteiger partial charge >= 0.3 is 0 Å². The Balaban J connectivity index is 1.71. The normalized spacial score (nSPS) is 14.8. The summed E-state index contributed by atoms with van der Waals surface area (Å²) in [5.74, 6) is -0.344. The third kappa shape index (κ3) is 6.22. The number of aryl methyl sites for hydroxylation is 2. The summed E-state index contributed by atoms with van der Waals surface area (Å²) in [5.41, 5.74) is 7.04. The highest BCUT2D eigenvalue weighted by molar-refractivity contribution is 7.89. The second-order valence-electron chi connectivity index (χ2n) is 6.52. The minimum absolute atomic E-state index is 0.00309. The molecular weight excluding hydrogens is 372 g/mol. The van der Waals surface area contributed by atoms with Crippen molar-refractivity contribution in [2.24, 2.45) is 0 Å². The molecule has 1 aromatic carbocycles. The first-order valence-corrected chi connectivity index (χ1v) is 10.6. The molecule has 26 heavy (non-hydrogen) atoms. The lowest BCUT2D eigenvalue weighted by atomic mass is 10.1. The molecule has 1 saturated carbocycles. The highest BCUT2D eigenvalue weighted by Crippen LogP contribution is 2.17. The molecule has 0 heterocycles. The summed E-state index contributed by atoms with van der Waals surface area (Å²) in [6.45, 7) is 3.78. The number of hydrogen-bond acceptors (Lipinski definition) is 4. The Hall–Kier alpha value is -1.71. The van der Waals surface area contributed by atoms with Gasteiger partial charge in [-0.15, -0.1) is 0 Å². The van der Waals surface area contributed by atoms with Gasteiger partial charge in [0, 0.05) is 19.0 Å². The van der Waals surface area contributed by atoms with Crippen LogP contribution in [-0.4, -0.2) is 32.0 Å². The molecule has 2 rings (SSSR count). The summed E-state index contributed by atoms with van der Waals surface area (Å²) < 4.78 is 26.9. The van der Waals surface area contributed by atoms with E-state index in [1.807, 2.05) is 13.8 Å². The summed E-state index contributed by atoms with van der Waals surface area (Å²) in [6, 6.07) is 5.29. The van der Waals surface area contributed by atoms with Crippen molar-refractivity contribution in [2.75, 3.05) is 6.54 Å². The Kier molecular flexibility index (Phi) is 7.36. The summed E-state index contributed by atoms with van der Waals surface area (Å²) in [7, 11) is -3.63. The molecule has 0 spiro atoms. The van der Waals surface area contributed by atoms with Crippen LogP contribution in [0.25, 0.3) is 0 Å². The molecule has 1 aromatic rings. The van der Waals surface area contributed by atoms with Crippen molar-refractivity contribution in [3.05, 3.63) is 29.3 Å². The maximum Gasteiger partial charge on any atom is 0.240 e. The number of nitrogens with one attached hydrogen (secondary N) is 4. The van der Waals surface area contributed by atoms with Crippen molar-refractivity contribution in [1.29, 1.82) is 0 Å². The highest BCUT2D eigenvalue weighted by atomic mass is 32.2. The number of rotatable bonds is 6. The van der Waals surface area contributed by atoms with E-state index in [4.69, 9.17) is 12.2 Å². The topological polar surface area (TPSA) is 99.3 Å². The van der Waals surface area contributed by atoms with Crippen LogP contribution in [-0.2, 0) is 14.8 Å². The SMILES string of the molecule is Cc1ccc(S(=O)(=O)NCCC(=O)NNC(=S)NC2CCCC2)cc1C. The van der Waals surface area contributed by atoms with E-state index in [0.29, 0.717) is 11.2 Å². The van der Waals surface area contributed by atoms with Crippen molar-refractivity contribution in [1.82, 2.24) is 20.9 Å². The summed E-state index contributed by atoms with van der Waals surface area (Å²) in [4.78, 5) is 12.0. The van der Waals surface area contributed by atoms with Crippen molar-refractivity contribution in [3.8, 4) is 0 Å². The molecule has 9 heteroatoms. The molecule has 0 radical (unpaired) electrons. The molecule has 1 aliphatic carbocycles. The maximum atomic E-state index is 12.2. The van der Waals surface area contributed by atoms with Crippen molar-refractivity contribution in [2.45, 2.75) is 56.9 Å². The number of amides is 1. The van der Waals surface area contributed by atoms with E-state index in [2.05, 4.69) is 20.9 Å². The van der Waals surface area contributed by atoms with Gasteiger partial charge in [-0.25, -0.2) is 13.1 Å². The smallest absolute Gasteiger partial charge is 0.240 e. The molecule has 0 aromatic heterocycles. The van der Waals surface area contributed by atoms with E-state index >= 15 is 0 Å². The van der Waals surface area contributed by atoms with Crippen molar-refractivity contribution in [3.63, 3.8) is 0 Å². The Labute approximate surface area is 160 Å². The maximum absolute atomic E-state index is 12.2. The zero-order chi connectivity index (χ0) is 19.2. The summed E-state index contributed by atoms with van der Waals surface area (Å²) in [6.07, 6.45) is 4.54. The van der Waals surface area contributed by atoms with Gasteiger partial charge < -0.3 is 5.32 Å². The second kappa shape index (κ2) is 9.29. The molecule has 0 saturated heterocycles. The monoisotopic (exact) mass is 398 g/mol. The van der Waals surface area contributed by atoms with Gasteiger partial charge in [0.05, 0.1) is 4.90 Å². The highest BCUT2D eigenvalue weighted by Gasteiger charge is 2.16. The van der Waals surface area contributed by atoms with E-state index in [1.165, 1.54) is 12.8 Å². The van der Waals surface area contributed by atoms with Crippen LogP contribution in [0.2, 0.25) is 0 Å². The summed E-state index contributed by atoms with van der Waals surface area (Å²) >= 11 is 5.12. The van der Waals surface area contributed by atoms with Gasteiger partial charge in [0.2, 0.25) is 15.9 Å². The van der Waals surface area contributed by atoms with E-state index in [-0.39, 0.29) is 23.8 Å². The van der Waals surface area contributed by atoms with Gasteiger partial charge in [-0.2, -0.15) is 0 Å². The van der Waals surface area contributed by atoms with Crippen LogP contribution < -0.4 is 20.9 Å². The number of hydrazine groups is 1. The fraction of sp³-hybridized carbons (Fsp3) is 0.529. The number of sulfonamides is 1. The molecule has 7 nitrogen and oxygen atoms in total. The standard InChI is InChI=1S/C17H26N4O3S2/c1-12-7-8-15(11-13(12)2)26(23,24)18-10-9-16(22)20-21-17(25)19-14-5-3-4-6-14/h7-8,11,14,18H,3-6,9-10H2,1-2H3,(H,20,22)(H2,19,21,25). The first kappa shape index (κ1) is 20.6. The predicted octanol–water partition coefficient (Wildman–Crippen LogP) is 1.41. The minimum atomic E-state index is -3.63. The molecular formula is C17H26N4O3S2. The van der Waals surface area contributed by atoms with E-state index in [9.17, 15) is 13.2 Å². The zero-order valence-electron chi connectivity index (χ0n) is 15.1. The fourth-order valence-corrected chi connectivity index (χ4v) is 4.08. The number of carbonyl (C=O) groups excluding carboxylic acids is 1. The van der Waals surface area contributed by atoms with Crippen molar-refractivity contribution < 1.29 is 13.2 Å². The van der Waals surface area contributed by atoms with E-state index in [0.717, 1.165) is 24.0 Å².